The molecule has 0 radical (unpaired) electrons. The first-order valence-corrected chi connectivity index (χ1v) is 11.9. The van der Waals surface area contributed by atoms with Gasteiger partial charge in [0.2, 0.25) is 0 Å². The van der Waals surface area contributed by atoms with Crippen LogP contribution in [0.3, 0.4) is 0 Å². The maximum Gasteiger partial charge on any atom is 0.416 e. The number of amidine groups is 1. The lowest BCUT2D eigenvalue weighted by atomic mass is 10.1. The van der Waals surface area contributed by atoms with Crippen molar-refractivity contribution in [2.45, 2.75) is 24.9 Å². The van der Waals surface area contributed by atoms with E-state index in [1.807, 2.05) is 6.07 Å². The number of carbonyl (C=O) groups excluding carboxylic acids is 1. The van der Waals surface area contributed by atoms with Crippen LogP contribution < -0.4 is 10.6 Å². The van der Waals surface area contributed by atoms with E-state index in [9.17, 15) is 23.1 Å². The molecule has 2 aromatic carbocycles. The predicted octanol–water partition coefficient (Wildman–Crippen LogP) is 3.65. The number of aromatic nitrogens is 2. The van der Waals surface area contributed by atoms with E-state index >= 15 is 0 Å². The number of alkyl halides is 3. The fourth-order valence-corrected chi connectivity index (χ4v) is 5.07. The van der Waals surface area contributed by atoms with Gasteiger partial charge in [0.25, 0.3) is 5.91 Å². The van der Waals surface area contributed by atoms with Crippen molar-refractivity contribution in [1.82, 2.24) is 20.4 Å². The Bertz CT molecular complexity index is 1370. The van der Waals surface area contributed by atoms with Gasteiger partial charge < -0.3 is 15.7 Å². The first-order chi connectivity index (χ1) is 16.7. The number of hydrogen-bond acceptors (Lipinski definition) is 6. The highest BCUT2D eigenvalue weighted by Crippen LogP contribution is 2.35. The fourth-order valence-electron chi connectivity index (χ4n) is 4.03. The number of rotatable bonds is 4. The molecule has 12 heteroatoms. The summed E-state index contributed by atoms with van der Waals surface area (Å²) < 4.78 is 41.9. The summed E-state index contributed by atoms with van der Waals surface area (Å²) in [6.07, 6.45) is -1.81. The second-order valence-electron chi connectivity index (χ2n) is 8.23. The van der Waals surface area contributed by atoms with Gasteiger partial charge in [-0.2, -0.15) is 23.3 Å². The maximum atomic E-state index is 13.5. The minimum Gasteiger partial charge on any atom is -0.390 e. The number of carbonyl (C=O) groups is 1. The number of thioether (sulfide) groups is 1. The number of nitrogens with one attached hydrogen (secondary N) is 2. The molecule has 2 aliphatic heterocycles. The Kier molecular flexibility index (Phi) is 6.34. The monoisotopic (exact) mass is 521 g/mol. The molecule has 182 valence electrons. The van der Waals surface area contributed by atoms with Crippen molar-refractivity contribution in [2.75, 3.05) is 13.1 Å². The molecule has 0 unspecified atom stereocenters. The molecule has 2 atom stereocenters. The minimum absolute atomic E-state index is 0.0156. The second kappa shape index (κ2) is 9.30. The molecular formula is C23H19ClF3N5O2S. The predicted molar refractivity (Wildman–Crippen MR) is 129 cm³/mol. The molecule has 0 saturated carbocycles. The Morgan fingerprint density at radius 2 is 2.09 bits per heavy atom. The summed E-state index contributed by atoms with van der Waals surface area (Å²) in [6.45, 7) is 0.986. The lowest BCUT2D eigenvalue weighted by Crippen LogP contribution is -2.41. The SMILES string of the molecule is O=C1N=C(N[C@@H]2CNC[C@@H]2O)SC1=Cc1ccc2c(cnn2Cc2ccc(Cl)cc2C(F)(F)F)c1. The molecule has 1 amide bonds. The molecule has 3 N–H and O–H groups in total. The zero-order chi connectivity index (χ0) is 24.7. The van der Waals surface area contributed by atoms with Crippen LogP contribution in [0.5, 0.6) is 0 Å². The van der Waals surface area contributed by atoms with Crippen LogP contribution in [0, 0.1) is 0 Å². The van der Waals surface area contributed by atoms with Crippen LogP contribution in [0.4, 0.5) is 13.2 Å². The summed E-state index contributed by atoms with van der Waals surface area (Å²) >= 11 is 6.97. The van der Waals surface area contributed by atoms with Crippen molar-refractivity contribution in [3.05, 3.63) is 69.2 Å². The summed E-state index contributed by atoms with van der Waals surface area (Å²) in [6, 6.07) is 8.81. The van der Waals surface area contributed by atoms with Crippen LogP contribution in [0.15, 0.2) is 52.5 Å². The topological polar surface area (TPSA) is 91.5 Å². The van der Waals surface area contributed by atoms with E-state index in [1.165, 1.54) is 28.6 Å². The highest BCUT2D eigenvalue weighted by atomic mass is 35.5. The van der Waals surface area contributed by atoms with Crippen LogP contribution in [-0.2, 0) is 17.5 Å². The van der Waals surface area contributed by atoms with Gasteiger partial charge in [-0.1, -0.05) is 23.7 Å². The number of amides is 1. The Labute approximate surface area is 207 Å². The minimum atomic E-state index is -4.53. The smallest absolute Gasteiger partial charge is 0.390 e. The molecule has 3 aromatic rings. The molecule has 7 nitrogen and oxygen atoms in total. The van der Waals surface area contributed by atoms with E-state index in [0.29, 0.717) is 28.7 Å². The van der Waals surface area contributed by atoms with Crippen LogP contribution >= 0.6 is 23.4 Å². The number of β-amino-alcohol motifs (C(OH)–C–C–N with tert-alkyl or cyclic N) is 1. The third-order valence-corrected chi connectivity index (χ3v) is 6.92. The Balaban J connectivity index is 1.35. The van der Waals surface area contributed by atoms with Gasteiger partial charge in [0, 0.05) is 23.5 Å². The second-order valence-corrected chi connectivity index (χ2v) is 9.70. The molecule has 0 spiro atoms. The highest BCUT2D eigenvalue weighted by Gasteiger charge is 2.34. The standard InChI is InChI=1S/C23H19ClF3N5O2S/c24-15-3-2-13(16(7-15)23(25,26)27)11-32-18-4-1-12(5-14(18)8-29-32)6-20-21(34)31-22(35-20)30-17-9-28-10-19(17)33/h1-8,17,19,28,33H,9-11H2,(H,30,31,34)/t17-,19+/m1/s1. The van der Waals surface area contributed by atoms with Crippen molar-refractivity contribution < 1.29 is 23.1 Å². The lowest BCUT2D eigenvalue weighted by Gasteiger charge is -2.15. The third-order valence-electron chi connectivity index (χ3n) is 5.77. The summed E-state index contributed by atoms with van der Waals surface area (Å²) in [5.74, 6) is -0.379. The maximum absolute atomic E-state index is 13.5. The molecule has 3 heterocycles. The third kappa shape index (κ3) is 5.08. The number of aliphatic hydroxyl groups is 1. The van der Waals surface area contributed by atoms with Crippen molar-refractivity contribution in [3.8, 4) is 0 Å². The number of fused-ring (bicyclic) bond motifs is 1. The first kappa shape index (κ1) is 23.9. The molecule has 1 aromatic heterocycles. The average molecular weight is 522 g/mol. The van der Waals surface area contributed by atoms with E-state index in [1.54, 1.807) is 24.4 Å². The summed E-state index contributed by atoms with van der Waals surface area (Å²) in [5, 5.41) is 21.5. The van der Waals surface area contributed by atoms with E-state index in [2.05, 4.69) is 20.7 Å². The number of halogens is 4. The van der Waals surface area contributed by atoms with Crippen LogP contribution in [0.2, 0.25) is 5.02 Å². The van der Waals surface area contributed by atoms with Crippen molar-refractivity contribution in [3.63, 3.8) is 0 Å². The number of benzene rings is 2. The zero-order valence-corrected chi connectivity index (χ0v) is 19.6. The van der Waals surface area contributed by atoms with Gasteiger partial charge in [0.1, 0.15) is 0 Å². The van der Waals surface area contributed by atoms with Gasteiger partial charge in [0.15, 0.2) is 5.17 Å². The lowest BCUT2D eigenvalue weighted by molar-refractivity contribution is -0.138. The summed E-state index contributed by atoms with van der Waals surface area (Å²) in [7, 11) is 0. The van der Waals surface area contributed by atoms with E-state index < -0.39 is 17.8 Å². The summed E-state index contributed by atoms with van der Waals surface area (Å²) in [5.41, 5.74) is 0.652. The molecule has 1 saturated heterocycles. The molecule has 35 heavy (non-hydrogen) atoms. The average Bonchev–Trinajstić information content (AvgIpc) is 3.48. The van der Waals surface area contributed by atoms with Crippen LogP contribution in [0.25, 0.3) is 17.0 Å². The largest absolute Gasteiger partial charge is 0.416 e. The molecule has 0 aliphatic carbocycles. The highest BCUT2D eigenvalue weighted by molar-refractivity contribution is 8.18. The van der Waals surface area contributed by atoms with E-state index in [-0.39, 0.29) is 29.1 Å². The Hall–Kier alpha value is -2.86. The summed E-state index contributed by atoms with van der Waals surface area (Å²) in [4.78, 5) is 16.8. The zero-order valence-electron chi connectivity index (χ0n) is 18.0. The van der Waals surface area contributed by atoms with Gasteiger partial charge in [0.05, 0.1) is 40.9 Å². The van der Waals surface area contributed by atoms with Gasteiger partial charge in [-0.3, -0.25) is 9.48 Å². The Morgan fingerprint density at radius 1 is 1.26 bits per heavy atom. The van der Waals surface area contributed by atoms with Gasteiger partial charge >= 0.3 is 6.18 Å². The van der Waals surface area contributed by atoms with Gasteiger partial charge in [-0.15, -0.1) is 0 Å². The van der Waals surface area contributed by atoms with E-state index in [4.69, 9.17) is 11.6 Å². The normalized spacial score (nSPS) is 21.8. The quantitative estimate of drug-likeness (QED) is 0.454. The van der Waals surface area contributed by atoms with Crippen molar-refractivity contribution >= 4 is 51.4 Å². The molecule has 1 fully saturated rings. The van der Waals surface area contributed by atoms with Crippen LogP contribution in [0.1, 0.15) is 16.7 Å². The van der Waals surface area contributed by atoms with Gasteiger partial charge in [-0.05, 0) is 53.2 Å². The number of aliphatic imine (C=N–C) groups is 1. The number of nitrogens with zero attached hydrogens (tertiary/aromatic N) is 3. The van der Waals surface area contributed by atoms with Gasteiger partial charge in [-0.25, -0.2) is 0 Å². The Morgan fingerprint density at radius 3 is 2.83 bits per heavy atom. The van der Waals surface area contributed by atoms with Crippen molar-refractivity contribution in [1.29, 1.82) is 0 Å². The number of hydrogen-bond donors (Lipinski definition) is 3. The van der Waals surface area contributed by atoms with E-state index in [0.717, 1.165) is 17.0 Å². The molecular weight excluding hydrogens is 503 g/mol. The van der Waals surface area contributed by atoms with Crippen molar-refractivity contribution in [2.24, 2.45) is 4.99 Å². The first-order valence-electron chi connectivity index (χ1n) is 10.7. The number of aliphatic hydroxyl groups excluding tert-OH is 1. The fraction of sp³-hybridized carbons (Fsp3) is 0.261. The molecule has 5 rings (SSSR count). The molecule has 0 bridgehead atoms. The van der Waals surface area contributed by atoms with Crippen LogP contribution in [-0.4, -0.2) is 51.2 Å². The molecule has 2 aliphatic rings.